The maximum atomic E-state index is 13.2. The molecule has 1 amide bonds. The number of anilines is 1. The van der Waals surface area contributed by atoms with Gasteiger partial charge in [-0.2, -0.15) is 4.98 Å². The van der Waals surface area contributed by atoms with E-state index in [1.165, 1.54) is 16.8 Å². The topological polar surface area (TPSA) is 148 Å². The predicted octanol–water partition coefficient (Wildman–Crippen LogP) is 4.48. The minimum atomic E-state index is -1.57. The summed E-state index contributed by atoms with van der Waals surface area (Å²) >= 11 is 0. The zero-order valence-corrected chi connectivity index (χ0v) is 20.6. The number of hydrogen-bond donors (Lipinski definition) is 1. The average Bonchev–Trinajstić information content (AvgIpc) is 3.12. The van der Waals surface area contributed by atoms with E-state index in [9.17, 15) is 19.9 Å². The highest BCUT2D eigenvalue weighted by Gasteiger charge is 2.61. The summed E-state index contributed by atoms with van der Waals surface area (Å²) in [4.78, 5) is 45.6. The van der Waals surface area contributed by atoms with Gasteiger partial charge >= 0.3 is 11.7 Å². The van der Waals surface area contributed by atoms with Crippen molar-refractivity contribution in [3.8, 4) is 0 Å². The predicted molar refractivity (Wildman–Crippen MR) is 135 cm³/mol. The first-order valence-electron chi connectivity index (χ1n) is 11.7. The Morgan fingerprint density at radius 1 is 1.14 bits per heavy atom. The van der Waals surface area contributed by atoms with Crippen molar-refractivity contribution in [2.24, 2.45) is 11.0 Å². The fourth-order valence-corrected chi connectivity index (χ4v) is 4.61. The summed E-state index contributed by atoms with van der Waals surface area (Å²) in [5, 5.41) is 6.49. The normalized spacial score (nSPS) is 24.6. The van der Waals surface area contributed by atoms with Gasteiger partial charge in [-0.05, 0) is 49.2 Å². The molecule has 1 fully saturated rings. The van der Waals surface area contributed by atoms with Crippen molar-refractivity contribution in [1.82, 2.24) is 9.55 Å². The number of amides is 1. The van der Waals surface area contributed by atoms with Crippen molar-refractivity contribution in [2.75, 3.05) is 5.32 Å². The number of nitrogens with zero attached hydrogens (tertiary/aromatic N) is 5. The number of aromatic nitrogens is 2. The molecule has 190 valence electrons. The number of hydrogen-bond acceptors (Lipinski definition) is 7. The smallest absolute Gasteiger partial charge is 0.351 e. The average molecular weight is 503 g/mol. The SMILES string of the molecule is CC[C@@]1(N=[N+]=[N-])O[C@@](C)(n2ccc(NC(=O)c3ccccc3)nc2=O)[C@H](OC(=O)c2ccccc2)[C@@H]1C. The fraction of sp³-hybridized carbons (Fsp3) is 0.308. The van der Waals surface area contributed by atoms with Crippen LogP contribution in [0.4, 0.5) is 5.82 Å². The van der Waals surface area contributed by atoms with Crippen LogP contribution in [0.25, 0.3) is 10.4 Å². The van der Waals surface area contributed by atoms with Crippen LogP contribution in [0.2, 0.25) is 0 Å². The van der Waals surface area contributed by atoms with Crippen LogP contribution in [0, 0.1) is 5.92 Å². The van der Waals surface area contributed by atoms with Crippen LogP contribution in [0.5, 0.6) is 0 Å². The molecule has 2 aromatic carbocycles. The van der Waals surface area contributed by atoms with Gasteiger partial charge in [0.2, 0.25) is 0 Å². The Morgan fingerprint density at radius 3 is 2.32 bits per heavy atom. The molecule has 0 saturated carbocycles. The van der Waals surface area contributed by atoms with Gasteiger partial charge in [0, 0.05) is 22.6 Å². The molecule has 0 radical (unpaired) electrons. The molecule has 0 bridgehead atoms. The van der Waals surface area contributed by atoms with Gasteiger partial charge in [-0.25, -0.2) is 9.59 Å². The molecular weight excluding hydrogens is 476 g/mol. The van der Waals surface area contributed by atoms with Crippen LogP contribution < -0.4 is 11.0 Å². The molecule has 1 saturated heterocycles. The second-order valence-electron chi connectivity index (χ2n) is 8.81. The Morgan fingerprint density at radius 2 is 1.76 bits per heavy atom. The van der Waals surface area contributed by atoms with Crippen molar-refractivity contribution in [3.63, 3.8) is 0 Å². The molecule has 0 unspecified atom stereocenters. The largest absolute Gasteiger partial charge is 0.453 e. The van der Waals surface area contributed by atoms with Crippen molar-refractivity contribution in [3.05, 3.63) is 105 Å². The van der Waals surface area contributed by atoms with Crippen LogP contribution in [-0.2, 0) is 15.2 Å². The van der Waals surface area contributed by atoms with E-state index in [1.54, 1.807) is 81.4 Å². The second kappa shape index (κ2) is 10.3. The summed E-state index contributed by atoms with van der Waals surface area (Å²) in [7, 11) is 0. The van der Waals surface area contributed by atoms with E-state index in [-0.39, 0.29) is 12.2 Å². The quantitative estimate of drug-likeness (QED) is 0.218. The van der Waals surface area contributed by atoms with Crippen LogP contribution in [0.3, 0.4) is 0 Å². The van der Waals surface area contributed by atoms with Crippen molar-refractivity contribution in [1.29, 1.82) is 0 Å². The van der Waals surface area contributed by atoms with E-state index in [4.69, 9.17) is 9.47 Å². The fourth-order valence-electron chi connectivity index (χ4n) is 4.61. The van der Waals surface area contributed by atoms with Crippen LogP contribution in [0.15, 0.2) is 82.8 Å². The van der Waals surface area contributed by atoms with Gasteiger partial charge in [-0.15, -0.1) is 0 Å². The molecule has 37 heavy (non-hydrogen) atoms. The van der Waals surface area contributed by atoms with E-state index in [1.807, 2.05) is 0 Å². The Hall–Kier alpha value is -4.47. The lowest BCUT2D eigenvalue weighted by Crippen LogP contribution is -2.49. The molecule has 0 aliphatic carbocycles. The van der Waals surface area contributed by atoms with Gasteiger partial charge in [-0.1, -0.05) is 55.4 Å². The summed E-state index contributed by atoms with van der Waals surface area (Å²) < 4.78 is 13.3. The maximum Gasteiger partial charge on any atom is 0.351 e. The molecule has 1 aliphatic rings. The Kier molecular flexibility index (Phi) is 7.10. The molecule has 4 atom stereocenters. The second-order valence-corrected chi connectivity index (χ2v) is 8.81. The first-order valence-corrected chi connectivity index (χ1v) is 11.7. The van der Waals surface area contributed by atoms with E-state index in [0.717, 1.165) is 0 Å². The summed E-state index contributed by atoms with van der Waals surface area (Å²) in [6.07, 6.45) is 0.643. The molecule has 3 aromatic rings. The minimum absolute atomic E-state index is 0.0411. The van der Waals surface area contributed by atoms with E-state index >= 15 is 0 Å². The molecule has 1 N–H and O–H groups in total. The Bertz CT molecular complexity index is 1410. The number of azide groups is 1. The van der Waals surface area contributed by atoms with Crippen LogP contribution in [0.1, 0.15) is 47.9 Å². The number of nitrogens with one attached hydrogen (secondary N) is 1. The van der Waals surface area contributed by atoms with Crippen molar-refractivity contribution < 1.29 is 19.1 Å². The molecule has 1 aromatic heterocycles. The first-order chi connectivity index (χ1) is 17.7. The lowest BCUT2D eigenvalue weighted by atomic mass is 9.90. The highest BCUT2D eigenvalue weighted by molar-refractivity contribution is 6.03. The number of ether oxygens (including phenoxy) is 2. The zero-order chi connectivity index (χ0) is 26.6. The summed E-state index contributed by atoms with van der Waals surface area (Å²) in [5.41, 5.74) is 6.26. The first kappa shape index (κ1) is 25.6. The van der Waals surface area contributed by atoms with Crippen LogP contribution >= 0.6 is 0 Å². The van der Waals surface area contributed by atoms with Crippen molar-refractivity contribution in [2.45, 2.75) is 44.7 Å². The molecule has 11 heteroatoms. The lowest BCUT2D eigenvalue weighted by Gasteiger charge is -2.33. The number of benzene rings is 2. The zero-order valence-electron chi connectivity index (χ0n) is 20.6. The maximum absolute atomic E-state index is 13.2. The number of carbonyl (C=O) groups is 2. The lowest BCUT2D eigenvalue weighted by molar-refractivity contribution is -0.166. The minimum Gasteiger partial charge on any atom is -0.453 e. The molecule has 11 nitrogen and oxygen atoms in total. The third-order valence-electron chi connectivity index (χ3n) is 6.60. The highest BCUT2D eigenvalue weighted by Crippen LogP contribution is 2.49. The number of esters is 1. The van der Waals surface area contributed by atoms with E-state index in [0.29, 0.717) is 11.1 Å². The van der Waals surface area contributed by atoms with Gasteiger partial charge < -0.3 is 14.8 Å². The van der Waals surface area contributed by atoms with Gasteiger partial charge in [0.25, 0.3) is 5.91 Å². The van der Waals surface area contributed by atoms with Gasteiger partial charge in [0.05, 0.1) is 5.56 Å². The monoisotopic (exact) mass is 502 g/mol. The standard InChI is InChI=1S/C26H26N6O5/c1-4-26(30-31-27)17(2)21(36-23(34)19-13-9-6-10-14-19)25(3,37-26)32-16-15-20(29-24(32)35)28-22(33)18-11-7-5-8-12-18/h5-17,21H,4H2,1-3H3,(H,28,29,33,35)/t17-,21+,25+,26+/m0/s1. The molecule has 0 spiro atoms. The number of carbonyl (C=O) groups excluding carboxylic acids is 2. The Labute approximate surface area is 212 Å². The molecule has 2 heterocycles. The third kappa shape index (κ3) is 4.82. The van der Waals surface area contributed by atoms with Crippen LogP contribution in [-0.4, -0.2) is 33.3 Å². The third-order valence-corrected chi connectivity index (χ3v) is 6.60. The van der Waals surface area contributed by atoms with Gasteiger partial charge in [0.15, 0.2) is 17.6 Å². The summed E-state index contributed by atoms with van der Waals surface area (Å²) in [5.74, 6) is -1.62. The summed E-state index contributed by atoms with van der Waals surface area (Å²) in [6, 6.07) is 18.3. The molecular formula is C26H26N6O5. The highest BCUT2D eigenvalue weighted by atomic mass is 16.6. The van der Waals surface area contributed by atoms with E-state index < -0.39 is 41.0 Å². The number of rotatable bonds is 7. The van der Waals surface area contributed by atoms with Crippen molar-refractivity contribution >= 4 is 17.7 Å². The van der Waals surface area contributed by atoms with Gasteiger partial charge in [0.1, 0.15) is 5.82 Å². The van der Waals surface area contributed by atoms with E-state index in [2.05, 4.69) is 20.3 Å². The molecule has 4 rings (SSSR count). The van der Waals surface area contributed by atoms with Gasteiger partial charge in [-0.3, -0.25) is 9.36 Å². The Balaban J connectivity index is 1.70. The summed E-state index contributed by atoms with van der Waals surface area (Å²) in [6.45, 7) is 5.08. The molecule has 1 aliphatic heterocycles.